The molecule has 1 fully saturated rings. The number of nitrogens with one attached hydrogen (secondary N) is 2. The first-order valence-electron chi connectivity index (χ1n) is 5.53. The van der Waals surface area contributed by atoms with Gasteiger partial charge in [0.1, 0.15) is 5.82 Å². The zero-order chi connectivity index (χ0) is 11.4. The smallest absolute Gasteiger partial charge is 0.251 e. The molecule has 3 nitrogen and oxygen atoms in total. The summed E-state index contributed by atoms with van der Waals surface area (Å²) in [7, 11) is 0. The van der Waals surface area contributed by atoms with Crippen LogP contribution in [0.4, 0.5) is 4.39 Å². The van der Waals surface area contributed by atoms with Gasteiger partial charge >= 0.3 is 0 Å². The van der Waals surface area contributed by atoms with Crippen LogP contribution in [0.5, 0.6) is 0 Å². The summed E-state index contributed by atoms with van der Waals surface area (Å²) in [6.45, 7) is 1.88. The lowest BCUT2D eigenvalue weighted by Crippen LogP contribution is -2.42. The number of hydrogen-bond acceptors (Lipinski definition) is 2. The van der Waals surface area contributed by atoms with Gasteiger partial charge in [0.2, 0.25) is 0 Å². The topological polar surface area (TPSA) is 41.1 Å². The SMILES string of the molecule is Cl.O=C(NC1CCNCC1)c1ccc(F)cc1. The molecule has 0 saturated carbocycles. The molecular formula is C12H16ClFN2O. The van der Waals surface area contributed by atoms with Crippen molar-refractivity contribution in [2.45, 2.75) is 18.9 Å². The summed E-state index contributed by atoms with van der Waals surface area (Å²) in [5.41, 5.74) is 0.514. The molecule has 1 amide bonds. The maximum Gasteiger partial charge on any atom is 0.251 e. The number of halogens is 2. The molecule has 1 aromatic carbocycles. The highest BCUT2D eigenvalue weighted by molar-refractivity contribution is 5.94. The van der Waals surface area contributed by atoms with E-state index in [4.69, 9.17) is 0 Å². The summed E-state index contributed by atoms with van der Waals surface area (Å²) < 4.78 is 12.7. The van der Waals surface area contributed by atoms with Crippen molar-refractivity contribution < 1.29 is 9.18 Å². The molecule has 5 heteroatoms. The van der Waals surface area contributed by atoms with E-state index in [1.807, 2.05) is 0 Å². The van der Waals surface area contributed by atoms with E-state index in [1.54, 1.807) is 0 Å². The number of piperidine rings is 1. The zero-order valence-corrected chi connectivity index (χ0v) is 10.2. The number of hydrogen-bond donors (Lipinski definition) is 2. The van der Waals surface area contributed by atoms with Crippen molar-refractivity contribution in [2.24, 2.45) is 0 Å². The molecular weight excluding hydrogens is 243 g/mol. The predicted molar refractivity (Wildman–Crippen MR) is 67.0 cm³/mol. The molecule has 2 rings (SSSR count). The van der Waals surface area contributed by atoms with Gasteiger partial charge in [-0.3, -0.25) is 4.79 Å². The second kappa shape index (κ2) is 6.57. The van der Waals surface area contributed by atoms with E-state index in [1.165, 1.54) is 24.3 Å². The summed E-state index contributed by atoms with van der Waals surface area (Å²) in [5.74, 6) is -0.440. The predicted octanol–water partition coefficient (Wildman–Crippen LogP) is 1.73. The van der Waals surface area contributed by atoms with Gasteiger partial charge in [0.25, 0.3) is 5.91 Å². The number of amides is 1. The molecule has 1 aromatic rings. The van der Waals surface area contributed by atoms with E-state index in [9.17, 15) is 9.18 Å². The number of benzene rings is 1. The minimum absolute atomic E-state index is 0. The van der Waals surface area contributed by atoms with Gasteiger partial charge in [-0.2, -0.15) is 0 Å². The van der Waals surface area contributed by atoms with Crippen LogP contribution in [0.1, 0.15) is 23.2 Å². The van der Waals surface area contributed by atoms with Crippen molar-refractivity contribution in [3.8, 4) is 0 Å². The highest BCUT2D eigenvalue weighted by atomic mass is 35.5. The highest BCUT2D eigenvalue weighted by Crippen LogP contribution is 2.06. The molecule has 0 radical (unpaired) electrons. The van der Waals surface area contributed by atoms with E-state index in [0.29, 0.717) is 5.56 Å². The van der Waals surface area contributed by atoms with Crippen LogP contribution >= 0.6 is 12.4 Å². The molecule has 1 heterocycles. The average Bonchev–Trinajstić information content (AvgIpc) is 2.31. The Morgan fingerprint density at radius 1 is 1.24 bits per heavy atom. The second-order valence-corrected chi connectivity index (χ2v) is 4.00. The van der Waals surface area contributed by atoms with Gasteiger partial charge in [0, 0.05) is 11.6 Å². The molecule has 94 valence electrons. The molecule has 2 N–H and O–H groups in total. The van der Waals surface area contributed by atoms with Crippen LogP contribution in [-0.4, -0.2) is 25.0 Å². The molecule has 0 bridgehead atoms. The average molecular weight is 259 g/mol. The van der Waals surface area contributed by atoms with Crippen LogP contribution in [0.15, 0.2) is 24.3 Å². The highest BCUT2D eigenvalue weighted by Gasteiger charge is 2.15. The van der Waals surface area contributed by atoms with Gasteiger partial charge in [-0.15, -0.1) is 12.4 Å². The fraction of sp³-hybridized carbons (Fsp3) is 0.417. The van der Waals surface area contributed by atoms with Gasteiger partial charge in [0.05, 0.1) is 0 Å². The Kier molecular flexibility index (Phi) is 5.38. The Balaban J connectivity index is 0.00000144. The van der Waals surface area contributed by atoms with Crippen molar-refractivity contribution >= 4 is 18.3 Å². The van der Waals surface area contributed by atoms with Crippen LogP contribution in [0, 0.1) is 5.82 Å². The first kappa shape index (κ1) is 13.9. The normalized spacial score (nSPS) is 16.1. The van der Waals surface area contributed by atoms with E-state index >= 15 is 0 Å². The summed E-state index contributed by atoms with van der Waals surface area (Å²) in [6, 6.07) is 5.85. The third kappa shape index (κ3) is 3.98. The zero-order valence-electron chi connectivity index (χ0n) is 9.41. The van der Waals surface area contributed by atoms with Gasteiger partial charge in [-0.05, 0) is 50.2 Å². The van der Waals surface area contributed by atoms with E-state index in [-0.39, 0.29) is 30.2 Å². The lowest BCUT2D eigenvalue weighted by molar-refractivity contribution is 0.0929. The molecule has 17 heavy (non-hydrogen) atoms. The second-order valence-electron chi connectivity index (χ2n) is 4.00. The molecule has 1 saturated heterocycles. The van der Waals surface area contributed by atoms with Gasteiger partial charge in [-0.1, -0.05) is 0 Å². The molecule has 0 aromatic heterocycles. The maximum absolute atomic E-state index is 12.7. The summed E-state index contributed by atoms with van der Waals surface area (Å²) in [4.78, 5) is 11.8. The molecule has 1 aliphatic rings. The molecule has 0 aliphatic carbocycles. The van der Waals surface area contributed by atoms with Crippen molar-refractivity contribution in [2.75, 3.05) is 13.1 Å². The van der Waals surface area contributed by atoms with Crippen LogP contribution < -0.4 is 10.6 Å². The van der Waals surface area contributed by atoms with Crippen molar-refractivity contribution in [1.29, 1.82) is 0 Å². The molecule has 0 spiro atoms. The largest absolute Gasteiger partial charge is 0.349 e. The fourth-order valence-electron chi connectivity index (χ4n) is 1.84. The van der Waals surface area contributed by atoms with Gasteiger partial charge in [0.15, 0.2) is 0 Å². The first-order chi connectivity index (χ1) is 7.75. The Morgan fingerprint density at radius 3 is 2.41 bits per heavy atom. The minimum Gasteiger partial charge on any atom is -0.349 e. The minimum atomic E-state index is -0.321. The lowest BCUT2D eigenvalue weighted by atomic mass is 10.1. The molecule has 0 atom stereocenters. The third-order valence-electron chi connectivity index (χ3n) is 2.78. The van der Waals surface area contributed by atoms with E-state index < -0.39 is 0 Å². The lowest BCUT2D eigenvalue weighted by Gasteiger charge is -2.23. The quantitative estimate of drug-likeness (QED) is 0.848. The Labute approximate surface area is 106 Å². The van der Waals surface area contributed by atoms with Gasteiger partial charge in [-0.25, -0.2) is 4.39 Å². The van der Waals surface area contributed by atoms with Crippen LogP contribution in [0.2, 0.25) is 0 Å². The first-order valence-corrected chi connectivity index (χ1v) is 5.53. The number of carbonyl (C=O) groups excluding carboxylic acids is 1. The standard InChI is InChI=1S/C12H15FN2O.ClH/c13-10-3-1-9(2-4-10)12(16)15-11-5-7-14-8-6-11;/h1-4,11,14H,5-8H2,(H,15,16);1H. The Hall–Kier alpha value is -1.13. The van der Waals surface area contributed by atoms with Crippen molar-refractivity contribution in [1.82, 2.24) is 10.6 Å². The summed E-state index contributed by atoms with van der Waals surface area (Å²) in [5, 5.41) is 6.19. The Morgan fingerprint density at radius 2 is 1.82 bits per heavy atom. The van der Waals surface area contributed by atoms with Crippen LogP contribution in [0.25, 0.3) is 0 Å². The Bertz CT molecular complexity index is 363. The number of rotatable bonds is 2. The monoisotopic (exact) mass is 258 g/mol. The fourth-order valence-corrected chi connectivity index (χ4v) is 1.84. The van der Waals surface area contributed by atoms with Gasteiger partial charge < -0.3 is 10.6 Å². The summed E-state index contributed by atoms with van der Waals surface area (Å²) >= 11 is 0. The molecule has 1 aliphatic heterocycles. The van der Waals surface area contributed by atoms with Crippen LogP contribution in [0.3, 0.4) is 0 Å². The van der Waals surface area contributed by atoms with Crippen molar-refractivity contribution in [3.63, 3.8) is 0 Å². The number of carbonyl (C=O) groups is 1. The maximum atomic E-state index is 12.7. The third-order valence-corrected chi connectivity index (χ3v) is 2.78. The van der Waals surface area contributed by atoms with Crippen LogP contribution in [-0.2, 0) is 0 Å². The molecule has 0 unspecified atom stereocenters. The van der Waals surface area contributed by atoms with E-state index in [0.717, 1.165) is 25.9 Å². The summed E-state index contributed by atoms with van der Waals surface area (Å²) in [6.07, 6.45) is 1.90. The van der Waals surface area contributed by atoms with E-state index in [2.05, 4.69) is 10.6 Å². The van der Waals surface area contributed by atoms with Crippen molar-refractivity contribution in [3.05, 3.63) is 35.6 Å².